The number of carbonyl (C=O) groups excluding carboxylic acids is 2. The first-order valence-electron chi connectivity index (χ1n) is 8.79. The van der Waals surface area contributed by atoms with E-state index in [1.807, 2.05) is 67.6 Å². The highest BCUT2D eigenvalue weighted by atomic mass is 16.5. The van der Waals surface area contributed by atoms with Gasteiger partial charge in [0, 0.05) is 5.56 Å². The summed E-state index contributed by atoms with van der Waals surface area (Å²) in [6.07, 6.45) is 0.721. The Labute approximate surface area is 158 Å². The van der Waals surface area contributed by atoms with Crippen molar-refractivity contribution >= 4 is 12.2 Å². The van der Waals surface area contributed by atoms with Crippen molar-refractivity contribution < 1.29 is 14.3 Å². The molecule has 1 amide bonds. The fourth-order valence-electron chi connectivity index (χ4n) is 2.76. The molecule has 0 saturated carbocycles. The number of ether oxygens (including phenoxy) is 1. The van der Waals surface area contributed by atoms with Gasteiger partial charge >= 0.3 is 0 Å². The lowest BCUT2D eigenvalue weighted by Crippen LogP contribution is -2.27. The highest BCUT2D eigenvalue weighted by Crippen LogP contribution is 2.22. The molecule has 0 radical (unpaired) electrons. The summed E-state index contributed by atoms with van der Waals surface area (Å²) in [7, 11) is 0. The second-order valence-corrected chi connectivity index (χ2v) is 6.25. The average Bonchev–Trinajstić information content (AvgIpc) is 2.73. The van der Waals surface area contributed by atoms with Crippen LogP contribution in [0.25, 0.3) is 0 Å². The molecule has 1 atom stereocenters. The van der Waals surface area contributed by atoms with Gasteiger partial charge in [-0.25, -0.2) is 0 Å². The number of hydrogen-bond donors (Lipinski definition) is 1. The maximum absolute atomic E-state index is 12.8. The molecule has 3 aromatic rings. The Hall–Kier alpha value is -3.40. The van der Waals surface area contributed by atoms with Crippen molar-refractivity contribution in [1.82, 2.24) is 5.32 Å². The fraction of sp³-hybridized carbons (Fsp3) is 0.130. The van der Waals surface area contributed by atoms with Crippen LogP contribution in [0.15, 0.2) is 78.9 Å². The molecule has 3 aromatic carbocycles. The first kappa shape index (κ1) is 18.4. The molecule has 0 aliphatic carbocycles. The largest absolute Gasteiger partial charge is 0.488 e. The second-order valence-electron chi connectivity index (χ2n) is 6.25. The average molecular weight is 359 g/mol. The van der Waals surface area contributed by atoms with Crippen LogP contribution in [0.1, 0.15) is 44.8 Å². The lowest BCUT2D eigenvalue weighted by atomic mass is 10.1. The summed E-state index contributed by atoms with van der Waals surface area (Å²) >= 11 is 0. The number of nitrogens with one attached hydrogen (secondary N) is 1. The van der Waals surface area contributed by atoms with Gasteiger partial charge in [-0.05, 0) is 36.2 Å². The van der Waals surface area contributed by atoms with Crippen LogP contribution < -0.4 is 10.1 Å². The molecule has 27 heavy (non-hydrogen) atoms. The molecule has 0 aliphatic heterocycles. The number of hydrogen-bond acceptors (Lipinski definition) is 3. The van der Waals surface area contributed by atoms with E-state index in [1.54, 1.807) is 18.2 Å². The summed E-state index contributed by atoms with van der Waals surface area (Å²) in [5.41, 5.74) is 2.78. The maximum atomic E-state index is 12.8. The van der Waals surface area contributed by atoms with Gasteiger partial charge in [0.2, 0.25) is 0 Å². The zero-order valence-corrected chi connectivity index (χ0v) is 15.1. The Morgan fingerprint density at radius 1 is 1.00 bits per heavy atom. The predicted octanol–water partition coefficient (Wildman–Crippen LogP) is 4.57. The molecule has 0 fully saturated rings. The molecular formula is C23H21NO3. The molecule has 0 heterocycles. The third-order valence-electron chi connectivity index (χ3n) is 4.27. The number of aldehydes is 1. The monoisotopic (exact) mass is 359 g/mol. The molecular weight excluding hydrogens is 338 g/mol. The minimum Gasteiger partial charge on any atom is -0.488 e. The Balaban J connectivity index is 1.79. The van der Waals surface area contributed by atoms with E-state index < -0.39 is 0 Å². The Kier molecular flexibility index (Phi) is 6.00. The zero-order valence-electron chi connectivity index (χ0n) is 15.1. The van der Waals surface area contributed by atoms with E-state index in [2.05, 4.69) is 5.32 Å². The van der Waals surface area contributed by atoms with Gasteiger partial charge in [0.05, 0.1) is 11.6 Å². The minimum atomic E-state index is -0.280. The molecule has 3 rings (SSSR count). The van der Waals surface area contributed by atoms with Crippen LogP contribution in [0.2, 0.25) is 0 Å². The minimum absolute atomic E-state index is 0.166. The van der Waals surface area contributed by atoms with Crippen molar-refractivity contribution in [1.29, 1.82) is 0 Å². The first-order chi connectivity index (χ1) is 13.2. The predicted molar refractivity (Wildman–Crippen MR) is 105 cm³/mol. The molecule has 0 saturated heterocycles. The highest BCUT2D eigenvalue weighted by Gasteiger charge is 2.17. The third kappa shape index (κ3) is 4.82. The van der Waals surface area contributed by atoms with Crippen molar-refractivity contribution in [2.75, 3.05) is 0 Å². The van der Waals surface area contributed by atoms with Gasteiger partial charge in [-0.3, -0.25) is 9.59 Å². The lowest BCUT2D eigenvalue weighted by Gasteiger charge is -2.17. The maximum Gasteiger partial charge on any atom is 0.255 e. The van der Waals surface area contributed by atoms with Gasteiger partial charge < -0.3 is 10.1 Å². The van der Waals surface area contributed by atoms with Gasteiger partial charge in [-0.1, -0.05) is 60.7 Å². The van der Waals surface area contributed by atoms with Crippen LogP contribution in [0, 0.1) is 0 Å². The number of benzene rings is 3. The quantitative estimate of drug-likeness (QED) is 0.629. The van der Waals surface area contributed by atoms with E-state index >= 15 is 0 Å². The zero-order chi connectivity index (χ0) is 19.1. The molecule has 1 N–H and O–H groups in total. The van der Waals surface area contributed by atoms with Crippen LogP contribution in [-0.2, 0) is 6.61 Å². The summed E-state index contributed by atoms with van der Waals surface area (Å²) in [6.45, 7) is 2.26. The van der Waals surface area contributed by atoms with Crippen LogP contribution in [0.3, 0.4) is 0 Å². The van der Waals surface area contributed by atoms with Crippen LogP contribution in [0.5, 0.6) is 5.75 Å². The van der Waals surface area contributed by atoms with E-state index in [0.29, 0.717) is 23.5 Å². The molecule has 0 bridgehead atoms. The van der Waals surface area contributed by atoms with Gasteiger partial charge in [0.15, 0.2) is 0 Å². The van der Waals surface area contributed by atoms with E-state index in [0.717, 1.165) is 17.4 Å². The fourth-order valence-corrected chi connectivity index (χ4v) is 2.76. The van der Waals surface area contributed by atoms with Gasteiger partial charge in [-0.2, -0.15) is 0 Å². The van der Waals surface area contributed by atoms with E-state index in [1.165, 1.54) is 0 Å². The lowest BCUT2D eigenvalue weighted by molar-refractivity contribution is 0.0935. The third-order valence-corrected chi connectivity index (χ3v) is 4.27. The highest BCUT2D eigenvalue weighted by molar-refractivity contribution is 5.98. The summed E-state index contributed by atoms with van der Waals surface area (Å²) in [5.74, 6) is 0.167. The van der Waals surface area contributed by atoms with E-state index in [4.69, 9.17) is 4.74 Å². The molecule has 4 nitrogen and oxygen atoms in total. The topological polar surface area (TPSA) is 55.4 Å². The summed E-state index contributed by atoms with van der Waals surface area (Å²) in [5, 5.41) is 2.97. The Morgan fingerprint density at radius 3 is 2.33 bits per heavy atom. The number of carbonyl (C=O) groups is 2. The van der Waals surface area contributed by atoms with Crippen LogP contribution in [0.4, 0.5) is 0 Å². The van der Waals surface area contributed by atoms with Gasteiger partial charge in [-0.15, -0.1) is 0 Å². The Bertz CT molecular complexity index is 907. The standard InChI is InChI=1S/C23H21NO3/c1-17(20-10-6-3-7-11-20)24-23(26)21-14-19(15-25)12-13-22(21)27-16-18-8-4-2-5-9-18/h2-15,17H,16H2,1H3,(H,24,26)/t17-/m1/s1. The molecule has 0 unspecified atom stereocenters. The van der Waals surface area contributed by atoms with Crippen molar-refractivity contribution in [2.24, 2.45) is 0 Å². The summed E-state index contributed by atoms with van der Waals surface area (Å²) in [6, 6.07) is 24.1. The second kappa shape index (κ2) is 8.81. The van der Waals surface area contributed by atoms with Crippen molar-refractivity contribution in [3.05, 3.63) is 101 Å². The van der Waals surface area contributed by atoms with Crippen LogP contribution >= 0.6 is 0 Å². The van der Waals surface area contributed by atoms with E-state index in [9.17, 15) is 9.59 Å². The van der Waals surface area contributed by atoms with Crippen LogP contribution in [-0.4, -0.2) is 12.2 Å². The molecule has 0 aromatic heterocycles. The molecule has 0 aliphatic rings. The van der Waals surface area contributed by atoms with Crippen molar-refractivity contribution in [3.63, 3.8) is 0 Å². The molecule has 0 spiro atoms. The number of amides is 1. The SMILES string of the molecule is C[C@@H](NC(=O)c1cc(C=O)ccc1OCc1ccccc1)c1ccccc1. The van der Waals surface area contributed by atoms with Gasteiger partial charge in [0.1, 0.15) is 18.6 Å². The number of rotatable bonds is 7. The first-order valence-corrected chi connectivity index (χ1v) is 8.79. The summed E-state index contributed by atoms with van der Waals surface area (Å²) in [4.78, 5) is 24.0. The van der Waals surface area contributed by atoms with Crippen molar-refractivity contribution in [2.45, 2.75) is 19.6 Å². The normalized spacial score (nSPS) is 11.4. The molecule has 136 valence electrons. The molecule has 4 heteroatoms. The Morgan fingerprint density at radius 2 is 1.67 bits per heavy atom. The van der Waals surface area contributed by atoms with Crippen molar-refractivity contribution in [3.8, 4) is 5.75 Å². The van der Waals surface area contributed by atoms with E-state index in [-0.39, 0.29) is 11.9 Å². The van der Waals surface area contributed by atoms with Gasteiger partial charge in [0.25, 0.3) is 5.91 Å². The smallest absolute Gasteiger partial charge is 0.255 e. The summed E-state index contributed by atoms with van der Waals surface area (Å²) < 4.78 is 5.85.